The summed E-state index contributed by atoms with van der Waals surface area (Å²) in [5.41, 5.74) is 5.97. The molecular formula is C14H20N2O2. The van der Waals surface area contributed by atoms with E-state index in [1.165, 1.54) is 12.6 Å². The molecule has 1 fully saturated rings. The number of carbonyl (C=O) groups excluding carboxylic acids is 1. The first-order valence-electron chi connectivity index (χ1n) is 6.63. The molecule has 0 saturated heterocycles. The fourth-order valence-corrected chi connectivity index (χ4v) is 2.53. The Hall–Kier alpha value is -1.58. The molecule has 1 aromatic heterocycles. The van der Waals surface area contributed by atoms with Gasteiger partial charge in [-0.05, 0) is 43.7 Å². The van der Waals surface area contributed by atoms with Gasteiger partial charge in [-0.2, -0.15) is 0 Å². The average Bonchev–Trinajstić information content (AvgIpc) is 2.40. The highest BCUT2D eigenvalue weighted by Gasteiger charge is 2.27. The fourth-order valence-electron chi connectivity index (χ4n) is 2.53. The second kappa shape index (κ2) is 5.85. The van der Waals surface area contributed by atoms with Crippen molar-refractivity contribution in [2.75, 3.05) is 5.73 Å². The SMILES string of the molecule is CCC1CCCCC1OC(=O)c1ccc(N)nc1. The monoisotopic (exact) mass is 248 g/mol. The molecule has 4 nitrogen and oxygen atoms in total. The van der Waals surface area contributed by atoms with Crippen LogP contribution in [0.4, 0.5) is 5.82 Å². The highest BCUT2D eigenvalue weighted by molar-refractivity contribution is 5.89. The number of anilines is 1. The minimum atomic E-state index is -0.284. The largest absolute Gasteiger partial charge is 0.458 e. The molecular weight excluding hydrogens is 228 g/mol. The van der Waals surface area contributed by atoms with Crippen LogP contribution in [0, 0.1) is 5.92 Å². The molecule has 0 amide bonds. The van der Waals surface area contributed by atoms with E-state index in [0.29, 0.717) is 17.3 Å². The Morgan fingerprint density at radius 2 is 2.22 bits per heavy atom. The maximum Gasteiger partial charge on any atom is 0.339 e. The Morgan fingerprint density at radius 3 is 2.89 bits per heavy atom. The van der Waals surface area contributed by atoms with Gasteiger partial charge in [0.05, 0.1) is 5.56 Å². The number of hydrogen-bond donors (Lipinski definition) is 1. The molecule has 18 heavy (non-hydrogen) atoms. The second-order valence-corrected chi connectivity index (χ2v) is 4.87. The maximum atomic E-state index is 12.0. The quantitative estimate of drug-likeness (QED) is 0.835. The molecule has 1 aromatic rings. The van der Waals surface area contributed by atoms with E-state index in [4.69, 9.17) is 10.5 Å². The van der Waals surface area contributed by atoms with Crippen LogP contribution in [0.15, 0.2) is 18.3 Å². The summed E-state index contributed by atoms with van der Waals surface area (Å²) in [5.74, 6) is 0.632. The number of ether oxygens (including phenoxy) is 1. The van der Waals surface area contributed by atoms with Crippen LogP contribution in [0.5, 0.6) is 0 Å². The number of aromatic nitrogens is 1. The fraction of sp³-hybridized carbons (Fsp3) is 0.571. The van der Waals surface area contributed by atoms with E-state index in [9.17, 15) is 4.79 Å². The molecule has 2 atom stereocenters. The van der Waals surface area contributed by atoms with Crippen molar-refractivity contribution in [2.24, 2.45) is 5.92 Å². The summed E-state index contributed by atoms with van der Waals surface area (Å²) >= 11 is 0. The van der Waals surface area contributed by atoms with Crippen LogP contribution in [-0.2, 0) is 4.74 Å². The van der Waals surface area contributed by atoms with Crippen molar-refractivity contribution in [1.82, 2.24) is 4.98 Å². The first-order valence-corrected chi connectivity index (χ1v) is 6.63. The van der Waals surface area contributed by atoms with E-state index in [1.807, 2.05) is 0 Å². The summed E-state index contributed by atoms with van der Waals surface area (Å²) in [5, 5.41) is 0. The minimum absolute atomic E-state index is 0.0637. The Bertz CT molecular complexity index is 403. The van der Waals surface area contributed by atoms with Crippen molar-refractivity contribution < 1.29 is 9.53 Å². The predicted octanol–water partition coefficient (Wildman–Crippen LogP) is 2.79. The summed E-state index contributed by atoms with van der Waals surface area (Å²) in [6.07, 6.45) is 7.14. The van der Waals surface area contributed by atoms with Crippen molar-refractivity contribution in [3.63, 3.8) is 0 Å². The van der Waals surface area contributed by atoms with Gasteiger partial charge in [-0.25, -0.2) is 9.78 Å². The smallest absolute Gasteiger partial charge is 0.339 e. The van der Waals surface area contributed by atoms with Gasteiger partial charge in [0.25, 0.3) is 0 Å². The van der Waals surface area contributed by atoms with Crippen LogP contribution in [0.3, 0.4) is 0 Å². The molecule has 0 bridgehead atoms. The summed E-state index contributed by atoms with van der Waals surface area (Å²) in [4.78, 5) is 15.9. The van der Waals surface area contributed by atoms with E-state index in [0.717, 1.165) is 25.7 Å². The Morgan fingerprint density at radius 1 is 1.44 bits per heavy atom. The topological polar surface area (TPSA) is 65.2 Å². The molecule has 1 aliphatic carbocycles. The lowest BCUT2D eigenvalue weighted by molar-refractivity contribution is 0.000675. The van der Waals surface area contributed by atoms with Crippen LogP contribution in [0.1, 0.15) is 49.4 Å². The highest BCUT2D eigenvalue weighted by atomic mass is 16.5. The van der Waals surface area contributed by atoms with Crippen LogP contribution in [-0.4, -0.2) is 17.1 Å². The van der Waals surface area contributed by atoms with Gasteiger partial charge in [0.15, 0.2) is 0 Å². The second-order valence-electron chi connectivity index (χ2n) is 4.87. The molecule has 0 aliphatic heterocycles. The number of pyridine rings is 1. The molecule has 2 N–H and O–H groups in total. The lowest BCUT2D eigenvalue weighted by atomic mass is 9.85. The van der Waals surface area contributed by atoms with E-state index in [2.05, 4.69) is 11.9 Å². The molecule has 4 heteroatoms. The number of carbonyl (C=O) groups is 1. The van der Waals surface area contributed by atoms with Gasteiger partial charge < -0.3 is 10.5 Å². The van der Waals surface area contributed by atoms with Gasteiger partial charge in [-0.15, -0.1) is 0 Å². The van der Waals surface area contributed by atoms with Crippen LogP contribution in [0.2, 0.25) is 0 Å². The molecule has 1 heterocycles. The number of hydrogen-bond acceptors (Lipinski definition) is 4. The number of nitrogens with two attached hydrogens (primary N) is 1. The Balaban J connectivity index is 1.99. The zero-order valence-corrected chi connectivity index (χ0v) is 10.8. The number of esters is 1. The van der Waals surface area contributed by atoms with E-state index in [-0.39, 0.29) is 12.1 Å². The summed E-state index contributed by atoms with van der Waals surface area (Å²) in [6.45, 7) is 2.15. The number of rotatable bonds is 3. The van der Waals surface area contributed by atoms with E-state index < -0.39 is 0 Å². The minimum Gasteiger partial charge on any atom is -0.458 e. The lowest BCUT2D eigenvalue weighted by Gasteiger charge is -2.30. The highest BCUT2D eigenvalue weighted by Crippen LogP contribution is 2.29. The van der Waals surface area contributed by atoms with Gasteiger partial charge in [-0.3, -0.25) is 0 Å². The molecule has 2 rings (SSSR count). The zero-order chi connectivity index (χ0) is 13.0. The van der Waals surface area contributed by atoms with Gasteiger partial charge in [0.2, 0.25) is 0 Å². The van der Waals surface area contributed by atoms with Crippen molar-refractivity contribution in [1.29, 1.82) is 0 Å². The standard InChI is InChI=1S/C14H20N2O2/c1-2-10-5-3-4-6-12(10)18-14(17)11-7-8-13(15)16-9-11/h7-10,12H,2-6H2,1H3,(H2,15,16). The molecule has 0 aromatic carbocycles. The van der Waals surface area contributed by atoms with Crippen LogP contribution < -0.4 is 5.73 Å². The molecule has 98 valence electrons. The van der Waals surface area contributed by atoms with E-state index in [1.54, 1.807) is 12.1 Å². The third kappa shape index (κ3) is 3.00. The Kier molecular flexibility index (Phi) is 4.18. The molecule has 0 spiro atoms. The lowest BCUT2D eigenvalue weighted by Crippen LogP contribution is -2.29. The van der Waals surface area contributed by atoms with Crippen molar-refractivity contribution in [3.05, 3.63) is 23.9 Å². The third-order valence-corrected chi connectivity index (χ3v) is 3.64. The predicted molar refractivity (Wildman–Crippen MR) is 70.1 cm³/mol. The van der Waals surface area contributed by atoms with Crippen molar-refractivity contribution in [3.8, 4) is 0 Å². The van der Waals surface area contributed by atoms with Crippen molar-refractivity contribution >= 4 is 11.8 Å². The van der Waals surface area contributed by atoms with Crippen LogP contribution >= 0.6 is 0 Å². The number of nitrogens with zero attached hydrogens (tertiary/aromatic N) is 1. The maximum absolute atomic E-state index is 12.0. The molecule has 1 aliphatic rings. The zero-order valence-electron chi connectivity index (χ0n) is 10.8. The van der Waals surface area contributed by atoms with Crippen molar-refractivity contribution in [2.45, 2.75) is 45.1 Å². The molecule has 2 unspecified atom stereocenters. The molecule has 1 saturated carbocycles. The third-order valence-electron chi connectivity index (χ3n) is 3.64. The average molecular weight is 248 g/mol. The summed E-state index contributed by atoms with van der Waals surface area (Å²) < 4.78 is 5.60. The first-order chi connectivity index (χ1) is 8.70. The Labute approximate surface area is 108 Å². The van der Waals surface area contributed by atoms with Gasteiger partial charge in [0, 0.05) is 6.20 Å². The van der Waals surface area contributed by atoms with Crippen LogP contribution in [0.25, 0.3) is 0 Å². The van der Waals surface area contributed by atoms with Gasteiger partial charge >= 0.3 is 5.97 Å². The van der Waals surface area contributed by atoms with E-state index >= 15 is 0 Å². The normalized spacial score (nSPS) is 23.6. The first kappa shape index (κ1) is 12.9. The van der Waals surface area contributed by atoms with Gasteiger partial charge in [-0.1, -0.05) is 13.3 Å². The number of nitrogen functional groups attached to an aromatic ring is 1. The summed E-state index contributed by atoms with van der Waals surface area (Å²) in [7, 11) is 0. The van der Waals surface area contributed by atoms with Gasteiger partial charge in [0.1, 0.15) is 11.9 Å². The summed E-state index contributed by atoms with van der Waals surface area (Å²) in [6, 6.07) is 3.28. The molecule has 0 radical (unpaired) electrons.